The van der Waals surface area contributed by atoms with Crippen molar-refractivity contribution in [1.29, 1.82) is 0 Å². The van der Waals surface area contributed by atoms with Gasteiger partial charge in [0, 0.05) is 23.8 Å². The van der Waals surface area contributed by atoms with Gasteiger partial charge in [0.25, 0.3) is 0 Å². The molecule has 7 nitrogen and oxygen atoms in total. The molecular weight excluding hydrogens is 395 g/mol. The largest absolute Gasteiger partial charge is 0.494 e. The number of rotatable bonds is 7. The van der Waals surface area contributed by atoms with E-state index in [0.717, 1.165) is 25.7 Å². The smallest absolute Gasteiger partial charge is 0.233 e. The Morgan fingerprint density at radius 1 is 0.774 bits per heavy atom. The lowest BCUT2D eigenvalue weighted by atomic mass is 9.96. The van der Waals surface area contributed by atoms with Gasteiger partial charge in [-0.2, -0.15) is 15.0 Å². The number of benzene rings is 1. The summed E-state index contributed by atoms with van der Waals surface area (Å²) in [5.41, 5.74) is 0.563. The number of ether oxygens (including phenoxy) is 1. The number of nitrogens with zero attached hydrogens (tertiary/aromatic N) is 3. The molecule has 2 aromatic rings. The van der Waals surface area contributed by atoms with Crippen LogP contribution < -0.4 is 20.7 Å². The molecular formula is C23H33FN6O. The summed E-state index contributed by atoms with van der Waals surface area (Å²) in [5.74, 6) is 1.30. The van der Waals surface area contributed by atoms with Crippen molar-refractivity contribution in [3.8, 4) is 5.75 Å². The van der Waals surface area contributed by atoms with Crippen LogP contribution in [0.2, 0.25) is 0 Å². The normalized spacial score (nSPS) is 18.3. The maximum Gasteiger partial charge on any atom is 0.233 e. The first-order valence-electron chi connectivity index (χ1n) is 11.6. The van der Waals surface area contributed by atoms with Crippen molar-refractivity contribution in [1.82, 2.24) is 15.0 Å². The third-order valence-corrected chi connectivity index (χ3v) is 6.17. The van der Waals surface area contributed by atoms with Crippen molar-refractivity contribution in [2.45, 2.75) is 82.7 Å². The molecule has 2 aliphatic carbocycles. The molecule has 8 heteroatoms. The molecule has 0 aliphatic heterocycles. The van der Waals surface area contributed by atoms with Crippen LogP contribution in [0.15, 0.2) is 18.2 Å². The lowest BCUT2D eigenvalue weighted by Gasteiger charge is -2.23. The molecule has 4 rings (SSSR count). The predicted octanol–water partition coefficient (Wildman–Crippen LogP) is 5.64. The summed E-state index contributed by atoms with van der Waals surface area (Å²) in [6.45, 7) is 0. The standard InChI is InChI=1S/C23H33FN6O/c1-31-20-14-13-18(15-19(20)24)27-23-29-21(25-16-9-5-2-3-6-10-16)28-22(30-23)26-17-11-7-4-8-12-17/h13-17H,2-12H2,1H3,(H3,25,26,27,28,29,30). The van der Waals surface area contributed by atoms with Crippen LogP contribution in [-0.2, 0) is 0 Å². The van der Waals surface area contributed by atoms with Gasteiger partial charge in [0.2, 0.25) is 17.8 Å². The molecule has 0 unspecified atom stereocenters. The fraction of sp³-hybridized carbons (Fsp3) is 0.609. The van der Waals surface area contributed by atoms with Crippen LogP contribution >= 0.6 is 0 Å². The zero-order valence-electron chi connectivity index (χ0n) is 18.3. The summed E-state index contributed by atoms with van der Waals surface area (Å²) in [6.07, 6.45) is 13.3. The van der Waals surface area contributed by atoms with Gasteiger partial charge in [-0.3, -0.25) is 0 Å². The van der Waals surface area contributed by atoms with Crippen LogP contribution in [0.5, 0.6) is 5.75 Å². The molecule has 2 saturated carbocycles. The van der Waals surface area contributed by atoms with Crippen molar-refractivity contribution in [2.24, 2.45) is 0 Å². The molecule has 2 fully saturated rings. The van der Waals surface area contributed by atoms with E-state index in [4.69, 9.17) is 4.74 Å². The van der Waals surface area contributed by atoms with Gasteiger partial charge in [-0.15, -0.1) is 0 Å². The van der Waals surface area contributed by atoms with E-state index in [1.807, 2.05) is 0 Å². The van der Waals surface area contributed by atoms with E-state index in [1.54, 1.807) is 12.1 Å². The van der Waals surface area contributed by atoms with Crippen LogP contribution in [0.1, 0.15) is 70.6 Å². The SMILES string of the molecule is COc1ccc(Nc2nc(NC3CCCCCC3)nc(NC3CCCCC3)n2)cc1F. The topological polar surface area (TPSA) is 84.0 Å². The molecule has 1 aromatic heterocycles. The fourth-order valence-corrected chi connectivity index (χ4v) is 4.47. The van der Waals surface area contributed by atoms with Crippen LogP contribution in [-0.4, -0.2) is 34.1 Å². The number of hydrogen-bond acceptors (Lipinski definition) is 7. The molecule has 168 valence electrons. The highest BCUT2D eigenvalue weighted by Gasteiger charge is 2.18. The first-order valence-corrected chi connectivity index (χ1v) is 11.6. The third kappa shape index (κ3) is 6.18. The minimum Gasteiger partial charge on any atom is -0.494 e. The summed E-state index contributed by atoms with van der Waals surface area (Å²) in [7, 11) is 1.45. The first-order chi connectivity index (χ1) is 15.2. The number of aromatic nitrogens is 3. The Balaban J connectivity index is 1.54. The molecule has 0 saturated heterocycles. The molecule has 3 N–H and O–H groups in total. The van der Waals surface area contributed by atoms with Gasteiger partial charge in [-0.1, -0.05) is 44.9 Å². The first kappa shape index (κ1) is 21.6. The molecule has 0 bridgehead atoms. The van der Waals surface area contributed by atoms with Crippen molar-refractivity contribution in [3.63, 3.8) is 0 Å². The molecule has 0 atom stereocenters. The molecule has 0 radical (unpaired) electrons. The average Bonchev–Trinajstić information content (AvgIpc) is 3.03. The Bertz CT molecular complexity index is 850. The molecule has 0 spiro atoms. The summed E-state index contributed by atoms with van der Waals surface area (Å²) >= 11 is 0. The van der Waals surface area contributed by atoms with Gasteiger partial charge < -0.3 is 20.7 Å². The lowest BCUT2D eigenvalue weighted by molar-refractivity contribution is 0.386. The van der Waals surface area contributed by atoms with Crippen LogP contribution in [0.4, 0.5) is 27.9 Å². The van der Waals surface area contributed by atoms with Crippen molar-refractivity contribution in [2.75, 3.05) is 23.1 Å². The van der Waals surface area contributed by atoms with Crippen LogP contribution in [0.3, 0.4) is 0 Å². The fourth-order valence-electron chi connectivity index (χ4n) is 4.47. The molecule has 1 aromatic carbocycles. The third-order valence-electron chi connectivity index (χ3n) is 6.17. The summed E-state index contributed by atoms with van der Waals surface area (Å²) in [5, 5.41) is 10.1. The number of anilines is 4. The minimum absolute atomic E-state index is 0.205. The molecule has 1 heterocycles. The highest BCUT2D eigenvalue weighted by atomic mass is 19.1. The summed E-state index contributed by atoms with van der Waals surface area (Å²) in [6, 6.07) is 5.48. The minimum atomic E-state index is -0.432. The Kier molecular flexibility index (Phi) is 7.38. The zero-order chi connectivity index (χ0) is 21.5. The van der Waals surface area contributed by atoms with E-state index in [9.17, 15) is 4.39 Å². The van der Waals surface area contributed by atoms with Gasteiger partial charge in [0.15, 0.2) is 11.6 Å². The number of methoxy groups -OCH3 is 1. The van der Waals surface area contributed by atoms with E-state index < -0.39 is 5.82 Å². The number of hydrogen-bond donors (Lipinski definition) is 3. The van der Waals surface area contributed by atoms with Crippen molar-refractivity contribution in [3.05, 3.63) is 24.0 Å². The molecule has 0 amide bonds. The second-order valence-corrected chi connectivity index (χ2v) is 8.59. The molecule has 2 aliphatic rings. The maximum atomic E-state index is 14.1. The lowest BCUT2D eigenvalue weighted by Crippen LogP contribution is -2.25. The van der Waals surface area contributed by atoms with Crippen LogP contribution in [0.25, 0.3) is 0 Å². The average molecular weight is 429 g/mol. The number of nitrogens with one attached hydrogen (secondary N) is 3. The van der Waals surface area contributed by atoms with Gasteiger partial charge in [0.05, 0.1) is 7.11 Å². The van der Waals surface area contributed by atoms with E-state index in [2.05, 4.69) is 30.9 Å². The van der Waals surface area contributed by atoms with E-state index in [0.29, 0.717) is 35.6 Å². The maximum absolute atomic E-state index is 14.1. The van der Waals surface area contributed by atoms with E-state index >= 15 is 0 Å². The van der Waals surface area contributed by atoms with Gasteiger partial charge in [-0.05, 0) is 37.8 Å². The van der Waals surface area contributed by atoms with Crippen molar-refractivity contribution >= 4 is 23.5 Å². The van der Waals surface area contributed by atoms with Gasteiger partial charge in [0.1, 0.15) is 0 Å². The van der Waals surface area contributed by atoms with Gasteiger partial charge >= 0.3 is 0 Å². The summed E-state index contributed by atoms with van der Waals surface area (Å²) in [4.78, 5) is 13.8. The van der Waals surface area contributed by atoms with E-state index in [-0.39, 0.29) is 5.75 Å². The Hall–Kier alpha value is -2.64. The Labute approximate surface area is 183 Å². The second-order valence-electron chi connectivity index (χ2n) is 8.59. The van der Waals surface area contributed by atoms with Crippen molar-refractivity contribution < 1.29 is 9.13 Å². The quantitative estimate of drug-likeness (QED) is 0.492. The monoisotopic (exact) mass is 428 g/mol. The summed E-state index contributed by atoms with van der Waals surface area (Å²) < 4.78 is 19.1. The van der Waals surface area contributed by atoms with E-state index in [1.165, 1.54) is 58.1 Å². The molecule has 31 heavy (non-hydrogen) atoms. The Morgan fingerprint density at radius 3 is 1.81 bits per heavy atom. The zero-order valence-corrected chi connectivity index (χ0v) is 18.3. The Morgan fingerprint density at radius 2 is 1.29 bits per heavy atom. The van der Waals surface area contributed by atoms with Gasteiger partial charge in [-0.25, -0.2) is 4.39 Å². The second kappa shape index (κ2) is 10.6. The highest BCUT2D eigenvalue weighted by Crippen LogP contribution is 2.26. The predicted molar refractivity (Wildman–Crippen MR) is 122 cm³/mol. The highest BCUT2D eigenvalue weighted by molar-refractivity contribution is 5.57. The van der Waals surface area contributed by atoms with Crippen LogP contribution in [0, 0.1) is 5.82 Å². The number of halogens is 1.